The van der Waals surface area contributed by atoms with Gasteiger partial charge in [-0.15, -0.1) is 0 Å². The number of aliphatic hydroxyl groups excluding tert-OH is 1. The van der Waals surface area contributed by atoms with Gasteiger partial charge in [0.25, 0.3) is 11.7 Å². The van der Waals surface area contributed by atoms with Crippen LogP contribution in [0.1, 0.15) is 43.0 Å². The summed E-state index contributed by atoms with van der Waals surface area (Å²) in [6.07, 6.45) is 3.80. The van der Waals surface area contributed by atoms with Crippen molar-refractivity contribution in [2.45, 2.75) is 32.9 Å². The van der Waals surface area contributed by atoms with Crippen molar-refractivity contribution in [3.8, 4) is 5.75 Å². The summed E-state index contributed by atoms with van der Waals surface area (Å²) in [7, 11) is 0. The van der Waals surface area contributed by atoms with Gasteiger partial charge in [-0.1, -0.05) is 56.3 Å². The van der Waals surface area contributed by atoms with Crippen molar-refractivity contribution in [3.05, 3.63) is 101 Å². The fourth-order valence-corrected chi connectivity index (χ4v) is 4.64. The average molecular weight is 500 g/mol. The van der Waals surface area contributed by atoms with Crippen molar-refractivity contribution < 1.29 is 19.4 Å². The predicted molar refractivity (Wildman–Crippen MR) is 143 cm³/mol. The van der Waals surface area contributed by atoms with Crippen LogP contribution in [-0.4, -0.2) is 57.8 Å². The Labute approximate surface area is 218 Å². The second-order valence-corrected chi connectivity index (χ2v) is 8.96. The van der Waals surface area contributed by atoms with Gasteiger partial charge in [0.1, 0.15) is 18.1 Å². The van der Waals surface area contributed by atoms with Gasteiger partial charge >= 0.3 is 0 Å². The number of hydrogen-bond acceptors (Lipinski definition) is 6. The Balaban J connectivity index is 1.68. The third kappa shape index (κ3) is 6.06. The van der Waals surface area contributed by atoms with E-state index in [0.717, 1.165) is 25.2 Å². The highest BCUT2D eigenvalue weighted by atomic mass is 16.5. The van der Waals surface area contributed by atoms with Crippen LogP contribution in [0.2, 0.25) is 0 Å². The van der Waals surface area contributed by atoms with Crippen LogP contribution < -0.4 is 4.74 Å². The average Bonchev–Trinajstić information content (AvgIpc) is 3.20. The Morgan fingerprint density at radius 2 is 1.73 bits per heavy atom. The Hall–Kier alpha value is -3.97. The number of amides is 1. The van der Waals surface area contributed by atoms with Gasteiger partial charge in [-0.05, 0) is 61.4 Å². The quantitative estimate of drug-likeness (QED) is 0.232. The molecule has 7 nitrogen and oxygen atoms in total. The van der Waals surface area contributed by atoms with Crippen molar-refractivity contribution in [2.75, 3.05) is 26.2 Å². The molecule has 0 bridgehead atoms. The van der Waals surface area contributed by atoms with Gasteiger partial charge in [-0.2, -0.15) is 0 Å². The summed E-state index contributed by atoms with van der Waals surface area (Å²) in [5.74, 6) is -0.861. The first kappa shape index (κ1) is 26.1. The smallest absolute Gasteiger partial charge is 0.295 e. The standard InChI is InChI=1S/C30H33N3O4/c1-3-32(4-2)18-9-19-33-27(26(29(35)30(33)36)28(34)23-14-16-31-17-15-23)24-12-8-13-25(20-24)37-21-22-10-6-5-7-11-22/h5-8,10-17,20,27,34H,3-4,9,18-19,21H2,1-2H3. The molecular formula is C30H33N3O4. The summed E-state index contributed by atoms with van der Waals surface area (Å²) in [5.41, 5.74) is 2.27. The Kier molecular flexibility index (Phi) is 8.69. The monoisotopic (exact) mass is 499 g/mol. The van der Waals surface area contributed by atoms with E-state index in [0.29, 0.717) is 36.4 Å². The van der Waals surface area contributed by atoms with Crippen LogP contribution in [0.25, 0.3) is 5.76 Å². The summed E-state index contributed by atoms with van der Waals surface area (Å²) in [5, 5.41) is 11.2. The zero-order valence-corrected chi connectivity index (χ0v) is 21.3. The number of Topliss-reactive ketones (excluding diaryl/α,β-unsaturated/α-hetero) is 1. The highest BCUT2D eigenvalue weighted by Crippen LogP contribution is 2.40. The summed E-state index contributed by atoms with van der Waals surface area (Å²) in [4.78, 5) is 34.3. The van der Waals surface area contributed by atoms with E-state index in [9.17, 15) is 14.7 Å². The summed E-state index contributed by atoms with van der Waals surface area (Å²) in [6, 6.07) is 19.8. The van der Waals surface area contributed by atoms with Crippen LogP contribution in [-0.2, 0) is 16.2 Å². The molecule has 0 saturated carbocycles. The van der Waals surface area contributed by atoms with E-state index >= 15 is 0 Å². The molecule has 1 aliphatic rings. The van der Waals surface area contributed by atoms with Crippen molar-refractivity contribution in [3.63, 3.8) is 0 Å². The molecule has 4 rings (SSSR count). The molecule has 0 radical (unpaired) electrons. The molecule has 1 amide bonds. The number of carbonyl (C=O) groups is 2. The molecule has 37 heavy (non-hydrogen) atoms. The number of pyridine rings is 1. The molecule has 2 heterocycles. The number of carbonyl (C=O) groups excluding carboxylic acids is 2. The van der Waals surface area contributed by atoms with Gasteiger partial charge in [0, 0.05) is 24.5 Å². The molecule has 1 unspecified atom stereocenters. The Morgan fingerprint density at radius 3 is 2.43 bits per heavy atom. The summed E-state index contributed by atoms with van der Waals surface area (Å²) in [6.45, 7) is 7.65. The maximum atomic E-state index is 13.3. The minimum Gasteiger partial charge on any atom is -0.507 e. The SMILES string of the molecule is CCN(CC)CCCN1C(=O)C(=O)C(=C(O)c2ccncc2)C1c1cccc(OCc2ccccc2)c1. The molecule has 1 aromatic heterocycles. The fraction of sp³-hybridized carbons (Fsp3) is 0.300. The lowest BCUT2D eigenvalue weighted by atomic mass is 9.95. The van der Waals surface area contributed by atoms with E-state index in [1.54, 1.807) is 29.4 Å². The van der Waals surface area contributed by atoms with E-state index in [1.165, 1.54) is 0 Å². The molecular weight excluding hydrogens is 466 g/mol. The lowest BCUT2D eigenvalue weighted by Crippen LogP contribution is -2.33. The molecule has 0 aliphatic carbocycles. The van der Waals surface area contributed by atoms with Gasteiger partial charge < -0.3 is 19.6 Å². The van der Waals surface area contributed by atoms with Gasteiger partial charge in [-0.25, -0.2) is 0 Å². The first-order valence-electron chi connectivity index (χ1n) is 12.7. The summed E-state index contributed by atoms with van der Waals surface area (Å²) < 4.78 is 6.02. The number of rotatable bonds is 11. The van der Waals surface area contributed by atoms with Gasteiger partial charge in [0.05, 0.1) is 11.6 Å². The predicted octanol–water partition coefficient (Wildman–Crippen LogP) is 4.81. The van der Waals surface area contributed by atoms with Crippen LogP contribution in [0.15, 0.2) is 84.7 Å². The van der Waals surface area contributed by atoms with E-state index in [1.807, 2.05) is 54.6 Å². The molecule has 2 aromatic carbocycles. The largest absolute Gasteiger partial charge is 0.507 e. The van der Waals surface area contributed by atoms with E-state index in [2.05, 4.69) is 23.7 Å². The third-order valence-electron chi connectivity index (χ3n) is 6.68. The van der Waals surface area contributed by atoms with Crippen molar-refractivity contribution >= 4 is 17.4 Å². The molecule has 1 N–H and O–H groups in total. The van der Waals surface area contributed by atoms with Crippen LogP contribution in [0.5, 0.6) is 5.75 Å². The molecule has 1 atom stereocenters. The normalized spacial score (nSPS) is 16.9. The number of nitrogens with zero attached hydrogens (tertiary/aromatic N) is 3. The van der Waals surface area contributed by atoms with Gasteiger partial charge in [0.2, 0.25) is 0 Å². The Bertz CT molecular complexity index is 1240. The zero-order chi connectivity index (χ0) is 26.2. The van der Waals surface area contributed by atoms with Crippen molar-refractivity contribution in [1.82, 2.24) is 14.8 Å². The van der Waals surface area contributed by atoms with Gasteiger partial charge in [0.15, 0.2) is 0 Å². The number of ketones is 1. The number of aromatic nitrogens is 1. The highest BCUT2D eigenvalue weighted by Gasteiger charge is 2.45. The fourth-order valence-electron chi connectivity index (χ4n) is 4.64. The summed E-state index contributed by atoms with van der Waals surface area (Å²) >= 11 is 0. The van der Waals surface area contributed by atoms with Crippen LogP contribution in [0.4, 0.5) is 0 Å². The maximum absolute atomic E-state index is 13.3. The second-order valence-electron chi connectivity index (χ2n) is 8.96. The van der Waals surface area contributed by atoms with Crippen molar-refractivity contribution in [2.24, 2.45) is 0 Å². The van der Waals surface area contributed by atoms with E-state index < -0.39 is 17.7 Å². The number of ether oxygens (including phenoxy) is 1. The van der Waals surface area contributed by atoms with Crippen LogP contribution in [0.3, 0.4) is 0 Å². The minimum atomic E-state index is -0.717. The van der Waals surface area contributed by atoms with E-state index in [4.69, 9.17) is 4.74 Å². The first-order valence-corrected chi connectivity index (χ1v) is 12.7. The topological polar surface area (TPSA) is 83.0 Å². The Morgan fingerprint density at radius 1 is 1.00 bits per heavy atom. The van der Waals surface area contributed by atoms with Crippen molar-refractivity contribution in [1.29, 1.82) is 0 Å². The number of hydrogen-bond donors (Lipinski definition) is 1. The number of likely N-dealkylation sites (tertiary alicyclic amines) is 1. The third-order valence-corrected chi connectivity index (χ3v) is 6.68. The molecule has 7 heteroatoms. The first-order chi connectivity index (χ1) is 18.0. The molecule has 1 fully saturated rings. The zero-order valence-electron chi connectivity index (χ0n) is 21.3. The number of aliphatic hydroxyl groups is 1. The van der Waals surface area contributed by atoms with Crippen LogP contribution in [0, 0.1) is 0 Å². The second kappa shape index (κ2) is 12.3. The molecule has 1 aliphatic heterocycles. The number of benzene rings is 2. The molecule has 1 saturated heterocycles. The lowest BCUT2D eigenvalue weighted by Gasteiger charge is -2.27. The highest BCUT2D eigenvalue weighted by molar-refractivity contribution is 6.46. The molecule has 3 aromatic rings. The lowest BCUT2D eigenvalue weighted by molar-refractivity contribution is -0.140. The maximum Gasteiger partial charge on any atom is 0.295 e. The minimum absolute atomic E-state index is 0.0826. The molecule has 192 valence electrons. The van der Waals surface area contributed by atoms with Crippen LogP contribution >= 0.6 is 0 Å². The van der Waals surface area contributed by atoms with Gasteiger partial charge in [-0.3, -0.25) is 14.6 Å². The molecule has 0 spiro atoms. The van der Waals surface area contributed by atoms with E-state index in [-0.39, 0.29) is 11.3 Å².